The molecule has 1 aliphatic rings. The maximum Gasteiger partial charge on any atom is 0.289 e. The number of hydrogen-bond donors (Lipinski definition) is 1. The lowest BCUT2D eigenvalue weighted by Gasteiger charge is -2.30. The highest BCUT2D eigenvalue weighted by molar-refractivity contribution is 5.99. The lowest BCUT2D eigenvalue weighted by Crippen LogP contribution is -2.41. The molecule has 1 aliphatic heterocycles. The molecule has 2 amide bonds. The molecule has 3 heterocycles. The summed E-state index contributed by atoms with van der Waals surface area (Å²) in [6, 6.07) is 9.67. The summed E-state index contributed by atoms with van der Waals surface area (Å²) in [4.78, 5) is 31.6. The molecule has 0 bridgehead atoms. The van der Waals surface area contributed by atoms with Crippen molar-refractivity contribution in [2.75, 3.05) is 18.4 Å². The van der Waals surface area contributed by atoms with Crippen molar-refractivity contribution in [3.63, 3.8) is 0 Å². The van der Waals surface area contributed by atoms with Crippen LogP contribution in [0.25, 0.3) is 11.0 Å². The summed E-state index contributed by atoms with van der Waals surface area (Å²) in [5.74, 6) is 0.714. The second-order valence-corrected chi connectivity index (χ2v) is 7.78. The maximum absolute atomic E-state index is 13.0. The van der Waals surface area contributed by atoms with Gasteiger partial charge in [0.1, 0.15) is 11.4 Å². The van der Waals surface area contributed by atoms with Crippen LogP contribution in [0.4, 0.5) is 5.82 Å². The number of likely N-dealkylation sites (tertiary alicyclic amines) is 1. The molecule has 4 rings (SSSR count). The summed E-state index contributed by atoms with van der Waals surface area (Å²) in [5, 5.41) is 3.87. The predicted molar refractivity (Wildman–Crippen MR) is 112 cm³/mol. The van der Waals surface area contributed by atoms with Gasteiger partial charge in [0.05, 0.1) is 0 Å². The molecular formula is C23H25N3O3. The van der Waals surface area contributed by atoms with E-state index in [-0.39, 0.29) is 17.7 Å². The average Bonchev–Trinajstić information content (AvgIpc) is 3.06. The number of piperidine rings is 1. The third kappa shape index (κ3) is 3.75. The van der Waals surface area contributed by atoms with Gasteiger partial charge in [-0.25, -0.2) is 4.98 Å². The molecule has 6 nitrogen and oxygen atoms in total. The third-order valence-corrected chi connectivity index (χ3v) is 5.67. The topological polar surface area (TPSA) is 75.4 Å². The molecule has 150 valence electrons. The standard InChI is InChI=1S/C23H25N3O3/c1-14-7-10-24-19(13-14)25-22(27)17-8-11-26(12-9-17)23(28)21-16(3)18-6-4-5-15(2)20(18)29-21/h4-7,10,13,17H,8-9,11-12H2,1-3H3,(H,24,25,27). The Bertz CT molecular complexity index is 1080. The molecule has 1 fully saturated rings. The van der Waals surface area contributed by atoms with Crippen molar-refractivity contribution in [1.82, 2.24) is 9.88 Å². The van der Waals surface area contributed by atoms with Gasteiger partial charge in [-0.1, -0.05) is 18.2 Å². The molecule has 2 aromatic heterocycles. The zero-order valence-corrected chi connectivity index (χ0v) is 17.0. The van der Waals surface area contributed by atoms with Gasteiger partial charge in [0.25, 0.3) is 5.91 Å². The lowest BCUT2D eigenvalue weighted by atomic mass is 9.95. The van der Waals surface area contributed by atoms with E-state index in [0.29, 0.717) is 37.5 Å². The van der Waals surface area contributed by atoms with Crippen molar-refractivity contribution >= 4 is 28.6 Å². The fourth-order valence-corrected chi connectivity index (χ4v) is 3.91. The first kappa shape index (κ1) is 19.2. The van der Waals surface area contributed by atoms with Gasteiger partial charge in [0, 0.05) is 36.2 Å². The number of carbonyl (C=O) groups is 2. The number of carbonyl (C=O) groups excluding carboxylic acids is 2. The Morgan fingerprint density at radius 2 is 1.90 bits per heavy atom. The molecule has 6 heteroatoms. The molecule has 0 radical (unpaired) electrons. The fraction of sp³-hybridized carbons (Fsp3) is 0.348. The Morgan fingerprint density at radius 1 is 1.14 bits per heavy atom. The number of nitrogens with zero attached hydrogens (tertiary/aromatic N) is 2. The Hall–Kier alpha value is -3.15. The summed E-state index contributed by atoms with van der Waals surface area (Å²) in [6.45, 7) is 6.94. The lowest BCUT2D eigenvalue weighted by molar-refractivity contribution is -0.121. The molecular weight excluding hydrogens is 366 g/mol. The molecule has 1 saturated heterocycles. The Kier molecular flexibility index (Phi) is 5.09. The SMILES string of the molecule is Cc1ccnc(NC(=O)C2CCN(C(=O)c3oc4c(C)cccc4c3C)CC2)c1. The number of aromatic nitrogens is 1. The molecule has 0 saturated carbocycles. The summed E-state index contributed by atoms with van der Waals surface area (Å²) in [5.41, 5.74) is 3.71. The maximum atomic E-state index is 13.0. The van der Waals surface area contributed by atoms with E-state index in [1.165, 1.54) is 0 Å². The van der Waals surface area contributed by atoms with E-state index in [4.69, 9.17) is 4.42 Å². The van der Waals surface area contributed by atoms with E-state index in [9.17, 15) is 9.59 Å². The quantitative estimate of drug-likeness (QED) is 0.724. The van der Waals surface area contributed by atoms with Gasteiger partial charge in [-0.2, -0.15) is 0 Å². The first-order valence-corrected chi connectivity index (χ1v) is 9.95. The normalized spacial score (nSPS) is 14.9. The van der Waals surface area contributed by atoms with Gasteiger partial charge in [0.15, 0.2) is 5.76 Å². The van der Waals surface area contributed by atoms with Crippen LogP contribution in [0.5, 0.6) is 0 Å². The molecule has 1 N–H and O–H groups in total. The van der Waals surface area contributed by atoms with Crippen molar-refractivity contribution in [3.8, 4) is 0 Å². The minimum atomic E-state index is -0.125. The van der Waals surface area contributed by atoms with E-state index < -0.39 is 0 Å². The largest absolute Gasteiger partial charge is 0.450 e. The Morgan fingerprint density at radius 3 is 2.59 bits per heavy atom. The van der Waals surface area contributed by atoms with Gasteiger partial charge < -0.3 is 14.6 Å². The van der Waals surface area contributed by atoms with Crippen LogP contribution in [0.15, 0.2) is 40.9 Å². The number of fused-ring (bicyclic) bond motifs is 1. The van der Waals surface area contributed by atoms with E-state index in [0.717, 1.165) is 27.7 Å². The van der Waals surface area contributed by atoms with Crippen molar-refractivity contribution < 1.29 is 14.0 Å². The number of para-hydroxylation sites is 1. The van der Waals surface area contributed by atoms with Crippen LogP contribution in [0.2, 0.25) is 0 Å². The second kappa shape index (κ2) is 7.70. The molecule has 29 heavy (non-hydrogen) atoms. The number of amides is 2. The number of aryl methyl sites for hydroxylation is 3. The van der Waals surface area contributed by atoms with E-state index in [2.05, 4.69) is 10.3 Å². The number of rotatable bonds is 3. The molecule has 0 spiro atoms. The summed E-state index contributed by atoms with van der Waals surface area (Å²) in [7, 11) is 0. The average molecular weight is 391 g/mol. The zero-order valence-electron chi connectivity index (χ0n) is 17.0. The first-order chi connectivity index (χ1) is 13.9. The molecule has 0 aliphatic carbocycles. The third-order valence-electron chi connectivity index (χ3n) is 5.67. The number of nitrogens with one attached hydrogen (secondary N) is 1. The molecule has 3 aromatic rings. The van der Waals surface area contributed by atoms with Gasteiger partial charge in [-0.05, 0) is 56.9 Å². The minimum absolute atomic E-state index is 0.0364. The fourth-order valence-electron chi connectivity index (χ4n) is 3.91. The minimum Gasteiger partial charge on any atom is -0.450 e. The van der Waals surface area contributed by atoms with Crippen LogP contribution in [-0.4, -0.2) is 34.8 Å². The Balaban J connectivity index is 1.42. The number of anilines is 1. The van der Waals surface area contributed by atoms with Crippen LogP contribution < -0.4 is 5.32 Å². The zero-order chi connectivity index (χ0) is 20.5. The molecule has 1 aromatic carbocycles. The van der Waals surface area contributed by atoms with E-state index in [1.807, 2.05) is 51.1 Å². The van der Waals surface area contributed by atoms with Crippen molar-refractivity contribution in [3.05, 3.63) is 59.0 Å². The number of furan rings is 1. The van der Waals surface area contributed by atoms with Crippen LogP contribution in [0.1, 0.15) is 40.1 Å². The predicted octanol–water partition coefficient (Wildman–Crippen LogP) is 4.24. The molecule has 0 unspecified atom stereocenters. The van der Waals surface area contributed by atoms with Gasteiger partial charge in [-0.15, -0.1) is 0 Å². The van der Waals surface area contributed by atoms with Crippen molar-refractivity contribution in [2.24, 2.45) is 5.92 Å². The summed E-state index contributed by atoms with van der Waals surface area (Å²) < 4.78 is 5.93. The second-order valence-electron chi connectivity index (χ2n) is 7.78. The highest BCUT2D eigenvalue weighted by Gasteiger charge is 2.30. The van der Waals surface area contributed by atoms with Crippen LogP contribution in [0.3, 0.4) is 0 Å². The monoisotopic (exact) mass is 391 g/mol. The number of hydrogen-bond acceptors (Lipinski definition) is 4. The van der Waals surface area contributed by atoms with Gasteiger partial charge >= 0.3 is 0 Å². The van der Waals surface area contributed by atoms with Crippen LogP contribution in [0, 0.1) is 26.7 Å². The van der Waals surface area contributed by atoms with Crippen molar-refractivity contribution in [1.29, 1.82) is 0 Å². The summed E-state index contributed by atoms with van der Waals surface area (Å²) >= 11 is 0. The van der Waals surface area contributed by atoms with E-state index >= 15 is 0 Å². The smallest absolute Gasteiger partial charge is 0.289 e. The highest BCUT2D eigenvalue weighted by Crippen LogP contribution is 2.29. The Labute approximate surface area is 169 Å². The summed E-state index contributed by atoms with van der Waals surface area (Å²) in [6.07, 6.45) is 2.94. The number of benzene rings is 1. The van der Waals surface area contributed by atoms with E-state index in [1.54, 1.807) is 11.1 Å². The molecule has 0 atom stereocenters. The van der Waals surface area contributed by atoms with Crippen LogP contribution in [-0.2, 0) is 4.79 Å². The first-order valence-electron chi connectivity index (χ1n) is 9.95. The number of pyridine rings is 1. The van der Waals surface area contributed by atoms with Crippen molar-refractivity contribution in [2.45, 2.75) is 33.6 Å². The highest BCUT2D eigenvalue weighted by atomic mass is 16.3. The van der Waals surface area contributed by atoms with Gasteiger partial charge in [0.2, 0.25) is 5.91 Å². The van der Waals surface area contributed by atoms with Crippen LogP contribution >= 0.6 is 0 Å². The van der Waals surface area contributed by atoms with Gasteiger partial charge in [-0.3, -0.25) is 9.59 Å².